The molecule has 0 fully saturated rings. The topological polar surface area (TPSA) is 62.5 Å². The first-order chi connectivity index (χ1) is 8.40. The third kappa shape index (κ3) is 1.75. The van der Waals surface area contributed by atoms with Crippen LogP contribution in [-0.4, -0.2) is 13.2 Å². The van der Waals surface area contributed by atoms with Crippen molar-refractivity contribution in [3.63, 3.8) is 0 Å². The van der Waals surface area contributed by atoms with Gasteiger partial charge < -0.3 is 10.5 Å². The Labute approximate surface area is 99.4 Å². The number of nitrogens with one attached hydrogen (secondary N) is 1. The van der Waals surface area contributed by atoms with E-state index in [1.165, 1.54) is 16.7 Å². The van der Waals surface area contributed by atoms with Crippen molar-refractivity contribution in [2.75, 3.05) is 13.2 Å². The first kappa shape index (κ1) is 10.5. The molecule has 4 nitrogen and oxygen atoms in total. The molecule has 88 valence electrons. The average Bonchev–Trinajstić information content (AvgIpc) is 2.91. The van der Waals surface area contributed by atoms with Gasteiger partial charge in [-0.2, -0.15) is 0 Å². The zero-order valence-corrected chi connectivity index (χ0v) is 9.48. The van der Waals surface area contributed by atoms with Crippen molar-refractivity contribution in [2.24, 2.45) is 5.73 Å². The fraction of sp³-hybridized carbons (Fsp3) is 0.308. The molecule has 4 heteroatoms. The van der Waals surface area contributed by atoms with Gasteiger partial charge in [0, 0.05) is 6.54 Å². The summed E-state index contributed by atoms with van der Waals surface area (Å²) in [6.07, 6.45) is 4.53. The molecule has 1 aromatic heterocycles. The zero-order chi connectivity index (χ0) is 11.7. The van der Waals surface area contributed by atoms with Gasteiger partial charge in [0.25, 0.3) is 0 Å². The highest BCUT2D eigenvalue weighted by Gasteiger charge is 2.22. The van der Waals surface area contributed by atoms with E-state index in [4.69, 9.17) is 15.0 Å². The predicted octanol–water partition coefficient (Wildman–Crippen LogP) is 1.33. The summed E-state index contributed by atoms with van der Waals surface area (Å²) in [5.74, 6) is 0. The molecule has 1 atom stereocenters. The Bertz CT molecular complexity index is 508. The standard InChI is InChI=1S/C13H14N2O2/c14-6-13-12-3-1-2-10(9-7-15-17-8-9)11(12)4-5-16-13/h1-3,7-8,13H,4-6,14H2/p+1/t13-/m1/s1. The van der Waals surface area contributed by atoms with Crippen molar-refractivity contribution in [2.45, 2.75) is 12.5 Å². The van der Waals surface area contributed by atoms with Crippen LogP contribution in [-0.2, 0) is 11.2 Å². The Morgan fingerprint density at radius 2 is 2.35 bits per heavy atom. The van der Waals surface area contributed by atoms with Gasteiger partial charge in [0.1, 0.15) is 0 Å². The van der Waals surface area contributed by atoms with E-state index in [9.17, 15) is 0 Å². The summed E-state index contributed by atoms with van der Waals surface area (Å²) >= 11 is 0. The number of aromatic nitrogens is 1. The van der Waals surface area contributed by atoms with E-state index < -0.39 is 0 Å². The molecule has 0 unspecified atom stereocenters. The Balaban J connectivity index is 2.12. The molecule has 1 aliphatic rings. The number of benzene rings is 1. The number of fused-ring (bicyclic) bond motifs is 1. The molecule has 0 saturated heterocycles. The lowest BCUT2D eigenvalue weighted by Crippen LogP contribution is -2.23. The number of nitrogens with two attached hydrogens (primary N) is 1. The summed E-state index contributed by atoms with van der Waals surface area (Å²) in [5.41, 5.74) is 10.5. The maximum absolute atomic E-state index is 5.74. The van der Waals surface area contributed by atoms with Gasteiger partial charge in [0.2, 0.25) is 6.20 Å². The van der Waals surface area contributed by atoms with E-state index in [2.05, 4.69) is 17.3 Å². The van der Waals surface area contributed by atoms with Gasteiger partial charge in [-0.15, -0.1) is 0 Å². The molecule has 0 amide bonds. The van der Waals surface area contributed by atoms with Crippen LogP contribution in [0, 0.1) is 0 Å². The van der Waals surface area contributed by atoms with E-state index in [1.54, 1.807) is 6.26 Å². The van der Waals surface area contributed by atoms with Gasteiger partial charge in [0.05, 0.1) is 18.3 Å². The normalized spacial score (nSPS) is 19.0. The molecule has 0 saturated carbocycles. The molecular weight excluding hydrogens is 216 g/mol. The van der Waals surface area contributed by atoms with Crippen LogP contribution in [0.4, 0.5) is 0 Å². The van der Waals surface area contributed by atoms with Crippen LogP contribution in [0.25, 0.3) is 11.1 Å². The molecule has 3 N–H and O–H groups in total. The maximum atomic E-state index is 5.74. The second-order valence-electron chi connectivity index (χ2n) is 4.17. The van der Waals surface area contributed by atoms with Crippen LogP contribution >= 0.6 is 0 Å². The third-order valence-electron chi connectivity index (χ3n) is 3.22. The minimum atomic E-state index is 0.0228. The summed E-state index contributed by atoms with van der Waals surface area (Å²) in [6.45, 7) is 1.25. The van der Waals surface area contributed by atoms with E-state index in [0.717, 1.165) is 18.6 Å². The molecule has 2 heterocycles. The second kappa shape index (κ2) is 4.31. The highest BCUT2D eigenvalue weighted by Crippen LogP contribution is 2.33. The van der Waals surface area contributed by atoms with Crippen molar-refractivity contribution in [1.82, 2.24) is 0 Å². The van der Waals surface area contributed by atoms with Crippen LogP contribution < -0.4 is 10.9 Å². The molecule has 3 rings (SSSR count). The van der Waals surface area contributed by atoms with Gasteiger partial charge in [-0.1, -0.05) is 18.2 Å². The minimum Gasteiger partial charge on any atom is -0.372 e. The molecule has 17 heavy (non-hydrogen) atoms. The molecule has 2 aromatic rings. The smallest absolute Gasteiger partial charge is 0.224 e. The lowest BCUT2D eigenvalue weighted by Gasteiger charge is -2.26. The van der Waals surface area contributed by atoms with Crippen LogP contribution in [0.5, 0.6) is 0 Å². The van der Waals surface area contributed by atoms with Crippen molar-refractivity contribution in [3.8, 4) is 11.1 Å². The lowest BCUT2D eigenvalue weighted by molar-refractivity contribution is -0.608. The number of H-pyrrole nitrogens is 1. The number of hydrogen-bond donors (Lipinski definition) is 1. The van der Waals surface area contributed by atoms with Crippen LogP contribution in [0.15, 0.2) is 35.2 Å². The van der Waals surface area contributed by atoms with Gasteiger partial charge >= 0.3 is 0 Å². The quantitative estimate of drug-likeness (QED) is 0.848. The molecule has 0 bridgehead atoms. The fourth-order valence-electron chi connectivity index (χ4n) is 2.41. The van der Waals surface area contributed by atoms with Gasteiger partial charge in [0.15, 0.2) is 6.26 Å². The lowest BCUT2D eigenvalue weighted by atomic mass is 9.91. The number of hydrogen-bond acceptors (Lipinski definition) is 3. The van der Waals surface area contributed by atoms with Crippen LogP contribution in [0.3, 0.4) is 0 Å². The molecule has 0 spiro atoms. The largest absolute Gasteiger partial charge is 0.372 e. The first-order valence-electron chi connectivity index (χ1n) is 5.78. The van der Waals surface area contributed by atoms with Crippen molar-refractivity contribution < 1.29 is 14.4 Å². The average molecular weight is 231 g/mol. The van der Waals surface area contributed by atoms with E-state index in [-0.39, 0.29) is 6.10 Å². The summed E-state index contributed by atoms with van der Waals surface area (Å²) in [4.78, 5) is 0. The molecule has 1 aliphatic heterocycles. The monoisotopic (exact) mass is 231 g/mol. The highest BCUT2D eigenvalue weighted by atomic mass is 16.5. The first-order valence-corrected chi connectivity index (χ1v) is 5.78. The Morgan fingerprint density at radius 3 is 3.12 bits per heavy atom. The predicted molar refractivity (Wildman–Crippen MR) is 62.2 cm³/mol. The number of ether oxygens (including phenoxy) is 1. The molecule has 1 aromatic carbocycles. The van der Waals surface area contributed by atoms with Crippen molar-refractivity contribution >= 4 is 0 Å². The van der Waals surface area contributed by atoms with Gasteiger partial charge in [-0.25, -0.2) is 4.52 Å². The minimum absolute atomic E-state index is 0.0228. The molecule has 0 radical (unpaired) electrons. The number of rotatable bonds is 2. The van der Waals surface area contributed by atoms with Crippen molar-refractivity contribution in [1.29, 1.82) is 0 Å². The van der Waals surface area contributed by atoms with Crippen LogP contribution in [0.1, 0.15) is 17.2 Å². The Hall–Kier alpha value is -1.65. The van der Waals surface area contributed by atoms with Gasteiger partial charge in [-0.3, -0.25) is 0 Å². The van der Waals surface area contributed by atoms with Crippen LogP contribution in [0.2, 0.25) is 0 Å². The SMILES string of the molecule is NC[C@H]1OCCc2c(-c3c[nH+]oc3)cccc21. The van der Waals surface area contributed by atoms with E-state index in [1.807, 2.05) is 12.3 Å². The zero-order valence-electron chi connectivity index (χ0n) is 9.48. The maximum Gasteiger partial charge on any atom is 0.224 e. The fourth-order valence-corrected chi connectivity index (χ4v) is 2.41. The molecule has 0 aliphatic carbocycles. The highest BCUT2D eigenvalue weighted by molar-refractivity contribution is 5.67. The van der Waals surface area contributed by atoms with Gasteiger partial charge in [-0.05, 0) is 28.3 Å². The third-order valence-corrected chi connectivity index (χ3v) is 3.22. The Kier molecular flexibility index (Phi) is 2.66. The summed E-state index contributed by atoms with van der Waals surface area (Å²) in [6, 6.07) is 6.24. The molecular formula is C13H15N2O2+. The number of aromatic amines is 1. The summed E-state index contributed by atoms with van der Waals surface area (Å²) in [7, 11) is 0. The van der Waals surface area contributed by atoms with E-state index >= 15 is 0 Å². The van der Waals surface area contributed by atoms with E-state index in [0.29, 0.717) is 6.54 Å². The summed E-state index contributed by atoms with van der Waals surface area (Å²) in [5, 5.41) is 2.73. The summed E-state index contributed by atoms with van der Waals surface area (Å²) < 4.78 is 10.7. The van der Waals surface area contributed by atoms with Crippen molar-refractivity contribution in [3.05, 3.63) is 41.8 Å². The second-order valence-corrected chi connectivity index (χ2v) is 4.17. The Morgan fingerprint density at radius 1 is 1.41 bits per heavy atom.